The van der Waals surface area contributed by atoms with E-state index in [9.17, 15) is 9.59 Å². The summed E-state index contributed by atoms with van der Waals surface area (Å²) in [6.07, 6.45) is 0. The molecule has 0 saturated heterocycles. The van der Waals surface area contributed by atoms with E-state index in [2.05, 4.69) is 24.4 Å². The summed E-state index contributed by atoms with van der Waals surface area (Å²) in [5, 5.41) is 2.99. The van der Waals surface area contributed by atoms with Crippen molar-refractivity contribution in [2.24, 2.45) is 0 Å². The van der Waals surface area contributed by atoms with Crippen molar-refractivity contribution >= 4 is 23.6 Å². The maximum absolute atomic E-state index is 13.2. The van der Waals surface area contributed by atoms with Crippen molar-refractivity contribution in [2.45, 2.75) is 58.5 Å². The van der Waals surface area contributed by atoms with Crippen LogP contribution in [0.15, 0.2) is 48.5 Å². The Labute approximate surface area is 190 Å². The second-order valence-corrected chi connectivity index (χ2v) is 9.69. The fourth-order valence-electron chi connectivity index (χ4n) is 3.09. The van der Waals surface area contributed by atoms with Gasteiger partial charge in [-0.25, -0.2) is 0 Å². The summed E-state index contributed by atoms with van der Waals surface area (Å²) in [7, 11) is 1.62. The average Bonchev–Trinajstić information content (AvgIpc) is 2.72. The number of rotatable bonds is 9. The summed E-state index contributed by atoms with van der Waals surface area (Å²) in [6.45, 7) is 10.0. The van der Waals surface area contributed by atoms with Crippen molar-refractivity contribution in [2.75, 3.05) is 12.9 Å². The monoisotopic (exact) mass is 442 g/mol. The first-order valence-electron chi connectivity index (χ1n) is 10.5. The fourth-order valence-corrected chi connectivity index (χ4v) is 4.07. The van der Waals surface area contributed by atoms with Crippen molar-refractivity contribution in [3.05, 3.63) is 65.2 Å². The van der Waals surface area contributed by atoms with Crippen molar-refractivity contribution in [3.8, 4) is 5.75 Å². The number of carbonyl (C=O) groups is 2. The molecule has 1 N–H and O–H groups in total. The topological polar surface area (TPSA) is 58.6 Å². The number of benzene rings is 2. The molecule has 0 aliphatic heterocycles. The van der Waals surface area contributed by atoms with Gasteiger partial charge in [0.25, 0.3) is 0 Å². The Morgan fingerprint density at radius 3 is 2.32 bits per heavy atom. The van der Waals surface area contributed by atoms with E-state index < -0.39 is 6.04 Å². The lowest BCUT2D eigenvalue weighted by molar-refractivity contribution is -0.139. The minimum atomic E-state index is -0.576. The molecule has 6 heteroatoms. The number of aryl methyl sites for hydroxylation is 1. The molecule has 0 heterocycles. The van der Waals surface area contributed by atoms with Crippen LogP contribution in [0, 0.1) is 6.92 Å². The lowest BCUT2D eigenvalue weighted by atomic mass is 10.1. The highest BCUT2D eigenvalue weighted by Gasteiger charge is 2.28. The van der Waals surface area contributed by atoms with Crippen LogP contribution in [0.1, 0.15) is 44.4 Å². The van der Waals surface area contributed by atoms with Gasteiger partial charge in [0.1, 0.15) is 11.8 Å². The third kappa shape index (κ3) is 7.94. The summed E-state index contributed by atoms with van der Waals surface area (Å²) in [5.74, 6) is 1.63. The van der Waals surface area contributed by atoms with Gasteiger partial charge >= 0.3 is 0 Å². The lowest BCUT2D eigenvalue weighted by Crippen LogP contribution is -2.52. The summed E-state index contributed by atoms with van der Waals surface area (Å²) in [5.41, 5.74) is 3.03. The van der Waals surface area contributed by atoms with E-state index >= 15 is 0 Å². The Kier molecular flexibility index (Phi) is 8.99. The first-order chi connectivity index (χ1) is 14.6. The second kappa shape index (κ2) is 11.2. The van der Waals surface area contributed by atoms with Crippen LogP contribution in [0.2, 0.25) is 0 Å². The summed E-state index contributed by atoms with van der Waals surface area (Å²) >= 11 is 1.57. The Morgan fingerprint density at radius 2 is 1.74 bits per heavy atom. The smallest absolute Gasteiger partial charge is 0.242 e. The molecule has 1 atom stereocenters. The minimum absolute atomic E-state index is 0.0500. The van der Waals surface area contributed by atoms with E-state index in [0.29, 0.717) is 12.3 Å². The SMILES string of the molecule is COc1ccc(CN(C(=O)CSCc2ccccc2C)C(C)C(=O)NC(C)(C)C)cc1. The van der Waals surface area contributed by atoms with E-state index in [1.807, 2.05) is 57.2 Å². The molecule has 2 aromatic carbocycles. The van der Waals surface area contributed by atoms with Gasteiger partial charge in [-0.3, -0.25) is 9.59 Å². The molecule has 0 fully saturated rings. The highest BCUT2D eigenvalue weighted by Crippen LogP contribution is 2.19. The predicted octanol–water partition coefficient (Wildman–Crippen LogP) is 4.57. The standard InChI is InChI=1S/C25H34N2O3S/c1-18-9-7-8-10-21(18)16-31-17-23(28)27(19(2)24(29)26-25(3,4)5)15-20-11-13-22(30-6)14-12-20/h7-14,19H,15-17H2,1-6H3,(H,26,29). The number of hydrogen-bond donors (Lipinski definition) is 1. The van der Waals surface area contributed by atoms with Gasteiger partial charge < -0.3 is 15.0 Å². The van der Waals surface area contributed by atoms with Gasteiger partial charge in [-0.05, 0) is 63.4 Å². The van der Waals surface area contributed by atoms with Gasteiger partial charge in [-0.2, -0.15) is 0 Å². The van der Waals surface area contributed by atoms with E-state index in [1.165, 1.54) is 11.1 Å². The fraction of sp³-hybridized carbons (Fsp3) is 0.440. The summed E-state index contributed by atoms with van der Waals surface area (Å²) in [4.78, 5) is 27.6. The molecule has 0 spiro atoms. The molecule has 31 heavy (non-hydrogen) atoms. The van der Waals surface area contributed by atoms with Crippen LogP contribution in [0.4, 0.5) is 0 Å². The number of carbonyl (C=O) groups excluding carboxylic acids is 2. The molecule has 1 unspecified atom stereocenters. The second-order valence-electron chi connectivity index (χ2n) is 8.70. The van der Waals surface area contributed by atoms with Crippen LogP contribution in [0.25, 0.3) is 0 Å². The molecule has 0 radical (unpaired) electrons. The van der Waals surface area contributed by atoms with Crippen molar-refractivity contribution in [1.82, 2.24) is 10.2 Å². The average molecular weight is 443 g/mol. The van der Waals surface area contributed by atoms with E-state index in [-0.39, 0.29) is 17.4 Å². The molecule has 0 aliphatic rings. The highest BCUT2D eigenvalue weighted by molar-refractivity contribution is 7.99. The minimum Gasteiger partial charge on any atom is -0.497 e. The third-order valence-electron chi connectivity index (χ3n) is 4.92. The molecule has 2 aromatic rings. The first-order valence-corrected chi connectivity index (χ1v) is 11.6. The van der Waals surface area contributed by atoms with Crippen LogP contribution in [-0.2, 0) is 21.9 Å². The predicted molar refractivity (Wildman–Crippen MR) is 128 cm³/mol. The third-order valence-corrected chi connectivity index (χ3v) is 5.89. The zero-order valence-electron chi connectivity index (χ0n) is 19.4. The van der Waals surface area contributed by atoms with Crippen LogP contribution >= 0.6 is 11.8 Å². The molecule has 168 valence electrons. The number of thioether (sulfide) groups is 1. The van der Waals surface area contributed by atoms with Gasteiger partial charge in [-0.1, -0.05) is 36.4 Å². The van der Waals surface area contributed by atoms with Crippen LogP contribution in [0.3, 0.4) is 0 Å². The maximum Gasteiger partial charge on any atom is 0.242 e. The Hall–Kier alpha value is -2.47. The van der Waals surface area contributed by atoms with Crippen LogP contribution in [0.5, 0.6) is 5.75 Å². The Bertz CT molecular complexity index is 875. The van der Waals surface area contributed by atoms with Gasteiger partial charge in [0.05, 0.1) is 12.9 Å². The summed E-state index contributed by atoms with van der Waals surface area (Å²) in [6, 6.07) is 15.2. The van der Waals surface area contributed by atoms with Crippen LogP contribution < -0.4 is 10.1 Å². The first kappa shape index (κ1) is 24.8. The number of amides is 2. The lowest BCUT2D eigenvalue weighted by Gasteiger charge is -2.31. The molecule has 0 aromatic heterocycles. The molecular weight excluding hydrogens is 408 g/mol. The van der Waals surface area contributed by atoms with E-state index in [1.54, 1.807) is 30.7 Å². The Balaban J connectivity index is 2.11. The van der Waals surface area contributed by atoms with Crippen LogP contribution in [-0.4, -0.2) is 41.2 Å². The number of methoxy groups -OCH3 is 1. The van der Waals surface area contributed by atoms with Crippen molar-refractivity contribution in [3.63, 3.8) is 0 Å². The molecule has 0 saturated carbocycles. The number of hydrogen-bond acceptors (Lipinski definition) is 4. The van der Waals surface area contributed by atoms with E-state index in [4.69, 9.17) is 4.74 Å². The zero-order valence-corrected chi connectivity index (χ0v) is 20.2. The Morgan fingerprint density at radius 1 is 1.10 bits per heavy atom. The quantitative estimate of drug-likeness (QED) is 0.618. The van der Waals surface area contributed by atoms with Gasteiger partial charge in [0.2, 0.25) is 11.8 Å². The molecule has 0 bridgehead atoms. The molecule has 2 rings (SSSR count). The molecule has 5 nitrogen and oxygen atoms in total. The zero-order chi connectivity index (χ0) is 23.0. The molecule has 0 aliphatic carbocycles. The normalized spacial score (nSPS) is 12.2. The van der Waals surface area contributed by atoms with Gasteiger partial charge in [-0.15, -0.1) is 11.8 Å². The highest BCUT2D eigenvalue weighted by atomic mass is 32.2. The summed E-state index contributed by atoms with van der Waals surface area (Å²) < 4.78 is 5.22. The largest absolute Gasteiger partial charge is 0.497 e. The number of nitrogens with one attached hydrogen (secondary N) is 1. The maximum atomic E-state index is 13.2. The number of nitrogens with zero attached hydrogens (tertiary/aromatic N) is 1. The molecule has 2 amide bonds. The van der Waals surface area contributed by atoms with Crippen molar-refractivity contribution in [1.29, 1.82) is 0 Å². The van der Waals surface area contributed by atoms with Gasteiger partial charge in [0.15, 0.2) is 0 Å². The van der Waals surface area contributed by atoms with Gasteiger partial charge in [0, 0.05) is 17.8 Å². The van der Waals surface area contributed by atoms with Crippen molar-refractivity contribution < 1.29 is 14.3 Å². The van der Waals surface area contributed by atoms with E-state index in [0.717, 1.165) is 17.1 Å². The molecular formula is C25H34N2O3S. The number of ether oxygens (including phenoxy) is 1.